The highest BCUT2D eigenvalue weighted by Crippen LogP contribution is 2.18. The van der Waals surface area contributed by atoms with Crippen LogP contribution in [0.25, 0.3) is 11.5 Å². The molecule has 0 aliphatic carbocycles. The quantitative estimate of drug-likeness (QED) is 0.625. The fraction of sp³-hybridized carbons (Fsp3) is 0.100. The van der Waals surface area contributed by atoms with Crippen LogP contribution in [0.15, 0.2) is 41.0 Å². The highest BCUT2D eigenvalue weighted by atomic mass is 127. The van der Waals surface area contributed by atoms with Crippen molar-refractivity contribution in [3.05, 3.63) is 42.3 Å². The summed E-state index contributed by atoms with van der Waals surface area (Å²) >= 11 is 2.26. The summed E-state index contributed by atoms with van der Waals surface area (Å²) < 4.78 is 6.21. The molecule has 0 atom stereocenters. The summed E-state index contributed by atoms with van der Waals surface area (Å²) in [7, 11) is 0. The van der Waals surface area contributed by atoms with Crippen LogP contribution in [0.2, 0.25) is 0 Å². The molecular weight excluding hydrogens is 277 g/mol. The van der Waals surface area contributed by atoms with Crippen molar-refractivity contribution in [2.24, 2.45) is 0 Å². The van der Waals surface area contributed by atoms with Crippen molar-refractivity contribution in [3.8, 4) is 11.5 Å². The molecule has 0 fully saturated rings. The van der Waals surface area contributed by atoms with Gasteiger partial charge in [-0.25, -0.2) is 4.98 Å². The molecule has 0 spiro atoms. The van der Waals surface area contributed by atoms with Crippen molar-refractivity contribution in [2.45, 2.75) is 4.43 Å². The van der Waals surface area contributed by atoms with Crippen molar-refractivity contribution in [1.82, 2.24) is 4.98 Å². The van der Waals surface area contributed by atoms with E-state index in [1.54, 1.807) is 6.26 Å². The maximum atomic E-state index is 5.33. The highest BCUT2D eigenvalue weighted by molar-refractivity contribution is 14.1. The zero-order chi connectivity index (χ0) is 9.10. The normalized spacial score (nSPS) is 10.2. The van der Waals surface area contributed by atoms with Crippen LogP contribution in [0.4, 0.5) is 0 Å². The standard InChI is InChI=1S/C10H8INO/c11-6-9-7-13-10(12-9)8-4-2-1-3-5-8/h1-5,7H,6H2. The van der Waals surface area contributed by atoms with Crippen LogP contribution in [0, 0.1) is 0 Å². The number of oxazole rings is 1. The van der Waals surface area contributed by atoms with Gasteiger partial charge in [-0.3, -0.25) is 0 Å². The van der Waals surface area contributed by atoms with E-state index in [0.29, 0.717) is 5.89 Å². The van der Waals surface area contributed by atoms with Crippen molar-refractivity contribution in [1.29, 1.82) is 0 Å². The van der Waals surface area contributed by atoms with E-state index in [4.69, 9.17) is 4.42 Å². The fourth-order valence-electron chi connectivity index (χ4n) is 1.08. The number of benzene rings is 1. The second-order valence-corrected chi connectivity index (χ2v) is 3.41. The maximum Gasteiger partial charge on any atom is 0.226 e. The summed E-state index contributed by atoms with van der Waals surface area (Å²) in [6.07, 6.45) is 1.70. The van der Waals surface area contributed by atoms with Crippen LogP contribution in [0.3, 0.4) is 0 Å². The van der Waals surface area contributed by atoms with Gasteiger partial charge in [-0.05, 0) is 12.1 Å². The summed E-state index contributed by atoms with van der Waals surface area (Å²) in [5, 5.41) is 0. The van der Waals surface area contributed by atoms with Gasteiger partial charge in [0.1, 0.15) is 6.26 Å². The second kappa shape index (κ2) is 3.91. The van der Waals surface area contributed by atoms with Crippen LogP contribution in [0.5, 0.6) is 0 Å². The van der Waals surface area contributed by atoms with Crippen LogP contribution >= 0.6 is 22.6 Å². The highest BCUT2D eigenvalue weighted by Gasteiger charge is 2.03. The first-order valence-electron chi connectivity index (χ1n) is 3.96. The lowest BCUT2D eigenvalue weighted by atomic mass is 10.2. The van der Waals surface area contributed by atoms with E-state index < -0.39 is 0 Å². The molecule has 2 rings (SSSR count). The minimum atomic E-state index is 0.701. The van der Waals surface area contributed by atoms with Gasteiger partial charge in [0.25, 0.3) is 0 Å². The van der Waals surface area contributed by atoms with Gasteiger partial charge in [0.05, 0.1) is 5.69 Å². The Morgan fingerprint density at radius 3 is 2.62 bits per heavy atom. The predicted octanol–water partition coefficient (Wildman–Crippen LogP) is 3.28. The smallest absolute Gasteiger partial charge is 0.226 e. The number of hydrogen-bond acceptors (Lipinski definition) is 2. The van der Waals surface area contributed by atoms with E-state index >= 15 is 0 Å². The Balaban J connectivity index is 2.36. The van der Waals surface area contributed by atoms with E-state index in [1.165, 1.54) is 0 Å². The van der Waals surface area contributed by atoms with Crippen LogP contribution in [-0.4, -0.2) is 4.98 Å². The van der Waals surface area contributed by atoms with Crippen LogP contribution in [-0.2, 0) is 4.43 Å². The molecule has 2 nitrogen and oxygen atoms in total. The summed E-state index contributed by atoms with van der Waals surface area (Å²) in [5.74, 6) is 0.701. The zero-order valence-corrected chi connectivity index (χ0v) is 9.06. The van der Waals surface area contributed by atoms with Gasteiger partial charge >= 0.3 is 0 Å². The number of rotatable bonds is 2. The number of halogens is 1. The van der Waals surface area contributed by atoms with E-state index in [1.807, 2.05) is 30.3 Å². The summed E-state index contributed by atoms with van der Waals surface area (Å²) in [4.78, 5) is 4.32. The largest absolute Gasteiger partial charge is 0.444 e. The molecule has 0 radical (unpaired) electrons. The van der Waals surface area contributed by atoms with Crippen molar-refractivity contribution < 1.29 is 4.42 Å². The van der Waals surface area contributed by atoms with Crippen molar-refractivity contribution >= 4 is 22.6 Å². The lowest BCUT2D eigenvalue weighted by molar-refractivity contribution is 0.573. The number of nitrogens with zero attached hydrogens (tertiary/aromatic N) is 1. The summed E-state index contributed by atoms with van der Waals surface area (Å²) in [6.45, 7) is 0. The van der Waals surface area contributed by atoms with E-state index in [-0.39, 0.29) is 0 Å². The predicted molar refractivity (Wildman–Crippen MR) is 59.7 cm³/mol. The number of aromatic nitrogens is 1. The monoisotopic (exact) mass is 285 g/mol. The lowest BCUT2D eigenvalue weighted by Gasteiger charge is -1.91. The molecular formula is C10H8INO. The van der Waals surface area contributed by atoms with Crippen LogP contribution < -0.4 is 0 Å². The van der Waals surface area contributed by atoms with Gasteiger partial charge in [-0.2, -0.15) is 0 Å². The van der Waals surface area contributed by atoms with Gasteiger partial charge in [-0.15, -0.1) is 0 Å². The van der Waals surface area contributed by atoms with Crippen molar-refractivity contribution in [3.63, 3.8) is 0 Å². The molecule has 3 heteroatoms. The van der Waals surface area contributed by atoms with E-state index in [2.05, 4.69) is 27.6 Å². The molecule has 0 saturated carbocycles. The van der Waals surface area contributed by atoms with Crippen LogP contribution in [0.1, 0.15) is 5.69 Å². The van der Waals surface area contributed by atoms with Gasteiger partial charge in [0.15, 0.2) is 0 Å². The first kappa shape index (κ1) is 8.74. The van der Waals surface area contributed by atoms with E-state index in [9.17, 15) is 0 Å². The second-order valence-electron chi connectivity index (χ2n) is 2.64. The van der Waals surface area contributed by atoms with Crippen molar-refractivity contribution in [2.75, 3.05) is 0 Å². The van der Waals surface area contributed by atoms with Gasteiger partial charge < -0.3 is 4.42 Å². The molecule has 0 amide bonds. The Morgan fingerprint density at radius 2 is 2.00 bits per heavy atom. The molecule has 0 unspecified atom stereocenters. The Bertz CT molecular complexity index is 383. The van der Waals surface area contributed by atoms with Gasteiger partial charge in [0, 0.05) is 9.99 Å². The molecule has 2 aromatic rings. The average Bonchev–Trinajstić information content (AvgIpc) is 2.67. The minimum Gasteiger partial charge on any atom is -0.444 e. The Morgan fingerprint density at radius 1 is 1.23 bits per heavy atom. The molecule has 1 aromatic carbocycles. The first-order valence-corrected chi connectivity index (χ1v) is 5.48. The lowest BCUT2D eigenvalue weighted by Crippen LogP contribution is -1.78. The molecule has 0 bridgehead atoms. The molecule has 13 heavy (non-hydrogen) atoms. The Labute approximate surface area is 90.1 Å². The third kappa shape index (κ3) is 1.91. The average molecular weight is 285 g/mol. The molecule has 1 aromatic heterocycles. The fourth-order valence-corrected chi connectivity index (χ4v) is 1.43. The van der Waals surface area contributed by atoms with E-state index in [0.717, 1.165) is 15.7 Å². The summed E-state index contributed by atoms with van der Waals surface area (Å²) in [5.41, 5.74) is 2.01. The van der Waals surface area contributed by atoms with Gasteiger partial charge in [-0.1, -0.05) is 40.8 Å². The molecule has 0 aliphatic rings. The number of alkyl halides is 1. The topological polar surface area (TPSA) is 26.0 Å². The third-order valence-electron chi connectivity index (χ3n) is 1.71. The Kier molecular flexibility index (Phi) is 2.63. The third-order valence-corrected chi connectivity index (χ3v) is 2.49. The SMILES string of the molecule is ICc1coc(-c2ccccc2)n1. The molecule has 0 N–H and O–H groups in total. The van der Waals surface area contributed by atoms with Gasteiger partial charge in [0.2, 0.25) is 5.89 Å². The first-order chi connectivity index (χ1) is 6.40. The molecule has 66 valence electrons. The number of hydrogen-bond donors (Lipinski definition) is 0. The summed E-state index contributed by atoms with van der Waals surface area (Å²) in [6, 6.07) is 9.91. The molecule has 0 saturated heterocycles. The maximum absolute atomic E-state index is 5.33. The molecule has 0 aliphatic heterocycles. The molecule has 1 heterocycles. The Hall–Kier alpha value is -0.840. The zero-order valence-electron chi connectivity index (χ0n) is 6.90. The minimum absolute atomic E-state index is 0.701.